The Morgan fingerprint density at radius 2 is 2.39 bits per heavy atom. The van der Waals surface area contributed by atoms with Gasteiger partial charge in [-0.15, -0.1) is 0 Å². The highest BCUT2D eigenvalue weighted by atomic mass is 19.1. The maximum absolute atomic E-state index is 13.6. The van der Waals surface area contributed by atoms with Crippen molar-refractivity contribution in [2.24, 2.45) is 0 Å². The first-order valence-corrected chi connectivity index (χ1v) is 5.18. The summed E-state index contributed by atoms with van der Waals surface area (Å²) in [4.78, 5) is 21.5. The van der Waals surface area contributed by atoms with Crippen LogP contribution in [-0.2, 0) is 6.54 Å². The molecule has 96 valence electrons. The Balaban J connectivity index is 2.51. The van der Waals surface area contributed by atoms with Crippen molar-refractivity contribution in [3.63, 3.8) is 0 Å². The summed E-state index contributed by atoms with van der Waals surface area (Å²) in [7, 11) is 0. The lowest BCUT2D eigenvalue weighted by atomic mass is 10.3. The number of allylic oxidation sites excluding steroid dienone is 1. The van der Waals surface area contributed by atoms with Crippen LogP contribution in [-0.4, -0.2) is 31.2 Å². The van der Waals surface area contributed by atoms with E-state index in [0.29, 0.717) is 0 Å². The van der Waals surface area contributed by atoms with Gasteiger partial charge in [0.2, 0.25) is 5.95 Å². The molecule has 2 aromatic rings. The lowest BCUT2D eigenvalue weighted by Gasteiger charge is -2.04. The molecule has 8 heteroatoms. The molecule has 0 unspecified atom stereocenters. The Bertz CT molecular complexity index is 672. The van der Waals surface area contributed by atoms with Gasteiger partial charge in [-0.25, -0.2) is 9.37 Å². The highest BCUT2D eigenvalue weighted by molar-refractivity contribution is 5.70. The molecule has 0 spiro atoms. The molecule has 2 aromatic heterocycles. The van der Waals surface area contributed by atoms with E-state index in [4.69, 9.17) is 10.8 Å². The van der Waals surface area contributed by atoms with Crippen molar-refractivity contribution in [2.75, 3.05) is 12.3 Å². The Kier molecular flexibility index (Phi) is 3.11. The minimum absolute atomic E-state index is 0.0579. The van der Waals surface area contributed by atoms with Gasteiger partial charge in [0.1, 0.15) is 5.83 Å². The average Bonchev–Trinajstić information content (AvgIpc) is 2.71. The van der Waals surface area contributed by atoms with E-state index in [1.165, 1.54) is 17.8 Å². The van der Waals surface area contributed by atoms with Gasteiger partial charge in [0.25, 0.3) is 5.56 Å². The number of rotatable bonds is 3. The zero-order valence-corrected chi connectivity index (χ0v) is 9.64. The van der Waals surface area contributed by atoms with Crippen molar-refractivity contribution < 1.29 is 9.50 Å². The summed E-state index contributed by atoms with van der Waals surface area (Å²) in [6, 6.07) is 0. The highest BCUT2D eigenvalue weighted by Crippen LogP contribution is 2.12. The lowest BCUT2D eigenvalue weighted by molar-refractivity contribution is 0.324. The van der Waals surface area contributed by atoms with Gasteiger partial charge < -0.3 is 15.4 Å². The number of aliphatic hydroxyl groups is 1. The van der Waals surface area contributed by atoms with Gasteiger partial charge in [0, 0.05) is 0 Å². The molecule has 7 nitrogen and oxygen atoms in total. The number of imidazole rings is 1. The van der Waals surface area contributed by atoms with Crippen LogP contribution >= 0.6 is 0 Å². The number of halogens is 1. The highest BCUT2D eigenvalue weighted by Gasteiger charge is 2.11. The maximum atomic E-state index is 13.6. The molecule has 0 saturated carbocycles. The number of aliphatic hydroxyl groups excluding tert-OH is 1. The number of nitrogens with zero attached hydrogens (tertiary/aromatic N) is 3. The normalized spacial score (nSPS) is 12.8. The molecule has 0 amide bonds. The number of aromatic amines is 1. The molecule has 4 N–H and O–H groups in total. The number of fused-ring (bicyclic) bond motifs is 1. The fourth-order valence-electron chi connectivity index (χ4n) is 1.46. The Morgan fingerprint density at radius 3 is 3.06 bits per heavy atom. The van der Waals surface area contributed by atoms with Crippen molar-refractivity contribution >= 4 is 17.1 Å². The van der Waals surface area contributed by atoms with E-state index >= 15 is 0 Å². The molecular weight excluding hydrogens is 241 g/mol. The topological polar surface area (TPSA) is 110 Å². The van der Waals surface area contributed by atoms with E-state index in [-0.39, 0.29) is 35.8 Å². The van der Waals surface area contributed by atoms with Crippen LogP contribution in [0.4, 0.5) is 10.3 Å². The van der Waals surface area contributed by atoms with E-state index in [1.807, 2.05) is 0 Å². The molecule has 0 aliphatic heterocycles. The summed E-state index contributed by atoms with van der Waals surface area (Å²) in [6.07, 6.45) is 1.30. The fourth-order valence-corrected chi connectivity index (χ4v) is 1.46. The molecule has 0 bridgehead atoms. The quantitative estimate of drug-likeness (QED) is 0.709. The van der Waals surface area contributed by atoms with Crippen molar-refractivity contribution in [3.05, 3.63) is 28.1 Å². The van der Waals surface area contributed by atoms with Crippen molar-refractivity contribution in [1.82, 2.24) is 19.5 Å². The minimum atomic E-state index is -0.502. The molecule has 2 heterocycles. The molecule has 0 aliphatic carbocycles. The molecule has 0 aromatic carbocycles. The second-order valence-corrected chi connectivity index (χ2v) is 3.84. The summed E-state index contributed by atoms with van der Waals surface area (Å²) in [5, 5.41) is 8.82. The zero-order valence-electron chi connectivity index (χ0n) is 9.64. The summed E-state index contributed by atoms with van der Waals surface area (Å²) in [5.41, 5.74) is 5.46. The average molecular weight is 253 g/mol. The van der Waals surface area contributed by atoms with Crippen LogP contribution in [0.3, 0.4) is 0 Å². The van der Waals surface area contributed by atoms with E-state index in [0.717, 1.165) is 0 Å². The second kappa shape index (κ2) is 4.57. The van der Waals surface area contributed by atoms with Crippen LogP contribution in [0.2, 0.25) is 0 Å². The van der Waals surface area contributed by atoms with E-state index < -0.39 is 11.4 Å². The van der Waals surface area contributed by atoms with Gasteiger partial charge in [-0.3, -0.25) is 9.78 Å². The summed E-state index contributed by atoms with van der Waals surface area (Å²) >= 11 is 0. The third-order valence-corrected chi connectivity index (χ3v) is 2.50. The molecule has 2 rings (SSSR count). The van der Waals surface area contributed by atoms with Crippen molar-refractivity contribution in [1.29, 1.82) is 0 Å². The summed E-state index contributed by atoms with van der Waals surface area (Å²) < 4.78 is 15.0. The van der Waals surface area contributed by atoms with E-state index in [2.05, 4.69) is 15.0 Å². The lowest BCUT2D eigenvalue weighted by Crippen LogP contribution is -2.12. The predicted octanol–water partition coefficient (Wildman–Crippen LogP) is -0.0624. The molecule has 0 fully saturated rings. The number of aromatic nitrogens is 4. The SMILES string of the molecule is C/C(CO)=C(\F)Cn1cnc2c(=O)[nH]c(N)nc21. The van der Waals surface area contributed by atoms with Crippen LogP contribution in [0.5, 0.6) is 0 Å². The number of nitrogens with one attached hydrogen (secondary N) is 1. The minimum Gasteiger partial charge on any atom is -0.392 e. The van der Waals surface area contributed by atoms with Crippen LogP contribution in [0.1, 0.15) is 6.92 Å². The Morgan fingerprint density at radius 1 is 1.67 bits per heavy atom. The smallest absolute Gasteiger partial charge is 0.280 e. The monoisotopic (exact) mass is 253 g/mol. The fraction of sp³-hybridized carbons (Fsp3) is 0.300. The number of H-pyrrole nitrogens is 1. The van der Waals surface area contributed by atoms with Crippen molar-refractivity contribution in [3.8, 4) is 0 Å². The van der Waals surface area contributed by atoms with Gasteiger partial charge in [-0.05, 0) is 12.5 Å². The summed E-state index contributed by atoms with van der Waals surface area (Å²) in [5.74, 6) is -0.560. The van der Waals surface area contributed by atoms with Gasteiger partial charge >= 0.3 is 0 Å². The standard InChI is InChI=1S/C10H12FN5O2/c1-5(3-17)6(11)2-16-4-13-7-8(16)14-10(12)15-9(7)18/h4,17H,2-3H2,1H3,(H3,12,14,15,18)/b6-5+. The zero-order chi connectivity index (χ0) is 13.3. The van der Waals surface area contributed by atoms with Gasteiger partial charge in [-0.2, -0.15) is 4.98 Å². The van der Waals surface area contributed by atoms with Crippen LogP contribution in [0.25, 0.3) is 11.2 Å². The van der Waals surface area contributed by atoms with Crippen LogP contribution in [0.15, 0.2) is 22.5 Å². The third kappa shape index (κ3) is 2.09. The third-order valence-electron chi connectivity index (χ3n) is 2.50. The Labute approximate surface area is 101 Å². The molecule has 0 aliphatic rings. The van der Waals surface area contributed by atoms with Crippen molar-refractivity contribution in [2.45, 2.75) is 13.5 Å². The maximum Gasteiger partial charge on any atom is 0.280 e. The Hall–Kier alpha value is -2.22. The first-order chi connectivity index (χ1) is 8.52. The number of nitrogen functional groups attached to an aromatic ring is 1. The van der Waals surface area contributed by atoms with Crippen LogP contribution < -0.4 is 11.3 Å². The van der Waals surface area contributed by atoms with E-state index in [1.54, 1.807) is 0 Å². The predicted molar refractivity (Wildman–Crippen MR) is 63.5 cm³/mol. The molecule has 18 heavy (non-hydrogen) atoms. The first kappa shape index (κ1) is 12.2. The van der Waals surface area contributed by atoms with Crippen LogP contribution in [0, 0.1) is 0 Å². The number of nitrogens with two attached hydrogens (primary N) is 1. The van der Waals surface area contributed by atoms with E-state index in [9.17, 15) is 9.18 Å². The number of hydrogen-bond acceptors (Lipinski definition) is 5. The largest absolute Gasteiger partial charge is 0.392 e. The molecule has 0 saturated heterocycles. The summed E-state index contributed by atoms with van der Waals surface area (Å²) in [6.45, 7) is 0.955. The van der Waals surface area contributed by atoms with Gasteiger partial charge in [-0.1, -0.05) is 0 Å². The second-order valence-electron chi connectivity index (χ2n) is 3.84. The molecule has 0 radical (unpaired) electrons. The van der Waals surface area contributed by atoms with Gasteiger partial charge in [0.05, 0.1) is 19.5 Å². The first-order valence-electron chi connectivity index (χ1n) is 5.18. The molecule has 0 atom stereocenters. The van der Waals surface area contributed by atoms with Gasteiger partial charge in [0.15, 0.2) is 11.2 Å². The molecular formula is C10H12FN5O2. The number of anilines is 1. The number of hydrogen-bond donors (Lipinski definition) is 3.